The summed E-state index contributed by atoms with van der Waals surface area (Å²) in [5.74, 6) is -3.63. The van der Waals surface area contributed by atoms with Crippen LogP contribution >= 0.6 is 0 Å². The zero-order chi connectivity index (χ0) is 8.77. The van der Waals surface area contributed by atoms with E-state index in [2.05, 4.69) is 0 Å². The molecule has 0 heterocycles. The minimum atomic E-state index is -2.56. The highest BCUT2D eigenvalue weighted by Gasteiger charge is 2.57. The maximum atomic E-state index is 12.5. The zero-order valence-corrected chi connectivity index (χ0v) is 6.23. The van der Waals surface area contributed by atoms with Crippen molar-refractivity contribution >= 4 is 0 Å². The van der Waals surface area contributed by atoms with E-state index in [-0.39, 0.29) is 12.2 Å². The van der Waals surface area contributed by atoms with E-state index in [1.54, 1.807) is 0 Å². The van der Waals surface area contributed by atoms with E-state index in [1.165, 1.54) is 24.3 Å². The lowest BCUT2D eigenvalue weighted by molar-refractivity contribution is 0.112. The van der Waals surface area contributed by atoms with Gasteiger partial charge in [0.05, 0.1) is 5.92 Å². The molecular formula is C9H7F3. The van der Waals surface area contributed by atoms with Gasteiger partial charge in [0, 0.05) is 6.42 Å². The quantitative estimate of drug-likeness (QED) is 0.610. The van der Waals surface area contributed by atoms with Gasteiger partial charge in [-0.2, -0.15) is 0 Å². The van der Waals surface area contributed by atoms with Gasteiger partial charge in [-0.25, -0.2) is 13.2 Å². The predicted octanol–water partition coefficient (Wildman–Crippen LogP) is 2.95. The Morgan fingerprint density at radius 1 is 1.17 bits per heavy atom. The van der Waals surface area contributed by atoms with Crippen molar-refractivity contribution in [3.8, 4) is 0 Å². The number of halogens is 3. The van der Waals surface area contributed by atoms with Crippen molar-refractivity contribution < 1.29 is 13.2 Å². The molecule has 1 aliphatic rings. The molecule has 2 rings (SSSR count). The van der Waals surface area contributed by atoms with Crippen LogP contribution in [0.3, 0.4) is 0 Å². The van der Waals surface area contributed by atoms with Crippen molar-refractivity contribution in [1.29, 1.82) is 0 Å². The summed E-state index contributed by atoms with van der Waals surface area (Å²) in [5.41, 5.74) is 0.529. The van der Waals surface area contributed by atoms with Gasteiger partial charge in [0.1, 0.15) is 5.82 Å². The van der Waals surface area contributed by atoms with Gasteiger partial charge in [-0.1, -0.05) is 12.1 Å². The first-order valence-electron chi connectivity index (χ1n) is 3.73. The largest absolute Gasteiger partial charge is 0.255 e. The Balaban J connectivity index is 2.21. The van der Waals surface area contributed by atoms with Crippen LogP contribution in [0.5, 0.6) is 0 Å². The highest BCUT2D eigenvalue weighted by atomic mass is 19.3. The number of alkyl halides is 2. The van der Waals surface area contributed by atoms with E-state index in [9.17, 15) is 13.2 Å². The topological polar surface area (TPSA) is 0 Å². The lowest BCUT2D eigenvalue weighted by Crippen LogP contribution is -1.92. The van der Waals surface area contributed by atoms with Gasteiger partial charge in [0.15, 0.2) is 0 Å². The number of rotatable bonds is 1. The Hall–Kier alpha value is -0.990. The fraction of sp³-hybridized carbons (Fsp3) is 0.333. The van der Waals surface area contributed by atoms with Gasteiger partial charge in [0.2, 0.25) is 0 Å². The van der Waals surface area contributed by atoms with Crippen LogP contribution in [0.4, 0.5) is 13.2 Å². The van der Waals surface area contributed by atoms with Crippen LogP contribution < -0.4 is 0 Å². The second-order valence-electron chi connectivity index (χ2n) is 3.07. The van der Waals surface area contributed by atoms with Crippen LogP contribution in [0, 0.1) is 5.82 Å². The summed E-state index contributed by atoms with van der Waals surface area (Å²) in [6, 6.07) is 5.26. The fourth-order valence-corrected chi connectivity index (χ4v) is 1.27. The molecule has 0 aliphatic heterocycles. The highest BCUT2D eigenvalue weighted by Crippen LogP contribution is 2.55. The molecule has 0 amide bonds. The molecule has 0 N–H and O–H groups in total. The second kappa shape index (κ2) is 2.25. The standard InChI is InChI=1S/C9H7F3/c10-7-3-1-6(2-4-7)8-5-9(8,11)12/h1-4,8H,5H2/t8-/m1/s1. The van der Waals surface area contributed by atoms with E-state index >= 15 is 0 Å². The molecule has 1 fully saturated rings. The molecule has 1 aliphatic carbocycles. The fourth-order valence-electron chi connectivity index (χ4n) is 1.27. The van der Waals surface area contributed by atoms with Gasteiger partial charge >= 0.3 is 0 Å². The van der Waals surface area contributed by atoms with E-state index in [0.29, 0.717) is 5.56 Å². The van der Waals surface area contributed by atoms with Gasteiger partial charge in [-0.15, -0.1) is 0 Å². The Morgan fingerprint density at radius 3 is 2.08 bits per heavy atom. The number of hydrogen-bond acceptors (Lipinski definition) is 0. The second-order valence-corrected chi connectivity index (χ2v) is 3.07. The van der Waals surface area contributed by atoms with E-state index in [1.807, 2.05) is 0 Å². The Labute approximate surface area is 68.0 Å². The van der Waals surface area contributed by atoms with E-state index < -0.39 is 11.8 Å². The summed E-state index contributed by atoms with van der Waals surface area (Å²) in [4.78, 5) is 0. The van der Waals surface area contributed by atoms with Crippen molar-refractivity contribution in [3.05, 3.63) is 35.6 Å². The van der Waals surface area contributed by atoms with Crippen LogP contribution in [0.15, 0.2) is 24.3 Å². The van der Waals surface area contributed by atoms with E-state index in [4.69, 9.17) is 0 Å². The maximum absolute atomic E-state index is 12.5. The minimum Gasteiger partial charge on any atom is -0.207 e. The first kappa shape index (κ1) is 7.65. The number of hydrogen-bond donors (Lipinski definition) is 0. The maximum Gasteiger partial charge on any atom is 0.255 e. The van der Waals surface area contributed by atoms with Crippen LogP contribution in [-0.2, 0) is 0 Å². The Kier molecular flexibility index (Phi) is 1.43. The molecule has 0 unspecified atom stereocenters. The van der Waals surface area contributed by atoms with Crippen LogP contribution in [0.2, 0.25) is 0 Å². The van der Waals surface area contributed by atoms with Crippen molar-refractivity contribution in [1.82, 2.24) is 0 Å². The van der Waals surface area contributed by atoms with Crippen LogP contribution in [-0.4, -0.2) is 5.92 Å². The summed E-state index contributed by atoms with van der Waals surface area (Å²) in [5, 5.41) is 0. The molecule has 1 atom stereocenters. The molecule has 12 heavy (non-hydrogen) atoms. The smallest absolute Gasteiger partial charge is 0.207 e. The normalized spacial score (nSPS) is 25.4. The molecule has 0 saturated heterocycles. The first-order chi connectivity index (χ1) is 5.59. The molecule has 1 aromatic rings. The molecule has 0 aromatic heterocycles. The molecule has 0 spiro atoms. The molecule has 0 nitrogen and oxygen atoms in total. The summed E-state index contributed by atoms with van der Waals surface area (Å²) >= 11 is 0. The summed E-state index contributed by atoms with van der Waals surface area (Å²) in [7, 11) is 0. The molecule has 1 saturated carbocycles. The lowest BCUT2D eigenvalue weighted by atomic mass is 10.1. The molecular weight excluding hydrogens is 165 g/mol. The highest BCUT2D eigenvalue weighted by molar-refractivity contribution is 5.29. The van der Waals surface area contributed by atoms with Gasteiger partial charge in [-0.3, -0.25) is 0 Å². The third kappa shape index (κ3) is 1.19. The summed E-state index contributed by atoms with van der Waals surface area (Å²) in [6.45, 7) is 0. The van der Waals surface area contributed by atoms with Gasteiger partial charge in [-0.05, 0) is 17.7 Å². The third-order valence-corrected chi connectivity index (χ3v) is 2.10. The van der Waals surface area contributed by atoms with Crippen molar-refractivity contribution in [2.75, 3.05) is 0 Å². The van der Waals surface area contributed by atoms with Gasteiger partial charge in [0.25, 0.3) is 5.92 Å². The third-order valence-electron chi connectivity index (χ3n) is 2.10. The van der Waals surface area contributed by atoms with Gasteiger partial charge < -0.3 is 0 Å². The first-order valence-corrected chi connectivity index (χ1v) is 3.73. The zero-order valence-electron chi connectivity index (χ0n) is 6.23. The molecule has 3 heteroatoms. The summed E-state index contributed by atoms with van der Waals surface area (Å²) < 4.78 is 37.4. The Bertz CT molecular complexity index is 289. The van der Waals surface area contributed by atoms with E-state index in [0.717, 1.165) is 0 Å². The van der Waals surface area contributed by atoms with Crippen LogP contribution in [0.1, 0.15) is 17.9 Å². The lowest BCUT2D eigenvalue weighted by Gasteiger charge is -1.97. The van der Waals surface area contributed by atoms with Crippen LogP contribution in [0.25, 0.3) is 0 Å². The van der Waals surface area contributed by atoms with Crippen molar-refractivity contribution in [3.63, 3.8) is 0 Å². The van der Waals surface area contributed by atoms with Crippen molar-refractivity contribution in [2.24, 2.45) is 0 Å². The van der Waals surface area contributed by atoms with Crippen molar-refractivity contribution in [2.45, 2.75) is 18.3 Å². The summed E-state index contributed by atoms with van der Waals surface area (Å²) in [6.07, 6.45) is -0.0986. The molecule has 64 valence electrons. The average molecular weight is 172 g/mol. The Morgan fingerprint density at radius 2 is 1.67 bits per heavy atom. The molecule has 1 aromatic carbocycles. The number of benzene rings is 1. The minimum absolute atomic E-state index is 0.0986. The monoisotopic (exact) mass is 172 g/mol. The average Bonchev–Trinajstić information content (AvgIpc) is 2.61. The molecule has 0 radical (unpaired) electrons. The SMILES string of the molecule is Fc1ccc([C@H]2CC2(F)F)cc1. The molecule has 0 bridgehead atoms. The predicted molar refractivity (Wildman–Crippen MR) is 38.7 cm³/mol.